The lowest BCUT2D eigenvalue weighted by Gasteiger charge is -2.24. The molecule has 3 N–H and O–H groups in total. The predicted molar refractivity (Wildman–Crippen MR) is 110 cm³/mol. The average molecular weight is 470 g/mol. The number of halogens is 3. The van der Waals surface area contributed by atoms with E-state index in [1.165, 1.54) is 23.1 Å². The molecule has 164 valence electrons. The number of amides is 2. The summed E-state index contributed by atoms with van der Waals surface area (Å²) in [5.74, 6) is -4.96. The number of fused-ring (bicyclic) bond motifs is 1. The fraction of sp³-hybridized carbons (Fsp3) is 0.300. The van der Waals surface area contributed by atoms with Crippen LogP contribution in [0.1, 0.15) is 22.3 Å². The first-order valence-corrected chi connectivity index (χ1v) is 11.4. The van der Waals surface area contributed by atoms with E-state index in [0.717, 1.165) is 0 Å². The molecule has 1 aliphatic carbocycles. The van der Waals surface area contributed by atoms with Gasteiger partial charge in [-0.1, -0.05) is 23.7 Å². The average Bonchev–Trinajstić information content (AvgIpc) is 3.32. The fourth-order valence-electron chi connectivity index (χ4n) is 3.40. The molecule has 31 heavy (non-hydrogen) atoms. The van der Waals surface area contributed by atoms with E-state index in [4.69, 9.17) is 17.3 Å². The summed E-state index contributed by atoms with van der Waals surface area (Å²) in [6, 6.07) is 7.67. The number of nitrogens with zero attached hydrogens (tertiary/aromatic N) is 1. The maximum absolute atomic E-state index is 13.2. The maximum Gasteiger partial charge on any atom is 0.270 e. The van der Waals surface area contributed by atoms with Gasteiger partial charge < -0.3 is 16.0 Å². The van der Waals surface area contributed by atoms with Crippen LogP contribution in [-0.2, 0) is 21.2 Å². The Morgan fingerprint density at radius 2 is 1.87 bits per heavy atom. The molecule has 1 aliphatic heterocycles. The Morgan fingerprint density at radius 1 is 1.23 bits per heavy atom. The van der Waals surface area contributed by atoms with Gasteiger partial charge in [-0.25, -0.2) is 17.2 Å². The minimum atomic E-state index is -3.92. The van der Waals surface area contributed by atoms with Crippen LogP contribution in [0.4, 0.5) is 14.5 Å². The molecular weight excluding hydrogens is 452 g/mol. The van der Waals surface area contributed by atoms with E-state index in [1.807, 2.05) is 0 Å². The second-order valence-electron chi connectivity index (χ2n) is 7.61. The summed E-state index contributed by atoms with van der Waals surface area (Å²) >= 11 is 5.90. The number of benzene rings is 2. The van der Waals surface area contributed by atoms with Crippen LogP contribution in [0.5, 0.6) is 0 Å². The van der Waals surface area contributed by atoms with Crippen LogP contribution in [0.2, 0.25) is 5.02 Å². The number of anilines is 1. The van der Waals surface area contributed by atoms with E-state index in [2.05, 4.69) is 5.32 Å². The van der Waals surface area contributed by atoms with E-state index >= 15 is 0 Å². The highest BCUT2D eigenvalue weighted by Gasteiger charge is 2.57. The first-order chi connectivity index (χ1) is 14.5. The normalized spacial score (nSPS) is 23.6. The molecule has 0 bridgehead atoms. The van der Waals surface area contributed by atoms with E-state index in [1.54, 1.807) is 24.3 Å². The fourth-order valence-corrected chi connectivity index (χ4v) is 5.08. The van der Waals surface area contributed by atoms with Crippen LogP contribution < -0.4 is 16.0 Å². The van der Waals surface area contributed by atoms with Crippen molar-refractivity contribution in [3.63, 3.8) is 0 Å². The molecule has 2 amide bonds. The smallest absolute Gasteiger partial charge is 0.270 e. The van der Waals surface area contributed by atoms with Crippen LogP contribution in [0.25, 0.3) is 0 Å². The summed E-state index contributed by atoms with van der Waals surface area (Å²) < 4.78 is 51.9. The first kappa shape index (κ1) is 21.7. The van der Waals surface area contributed by atoms with Gasteiger partial charge in [0.2, 0.25) is 5.91 Å². The minimum absolute atomic E-state index is 0.0159. The third-order valence-corrected chi connectivity index (χ3v) is 7.28. The molecule has 2 aromatic carbocycles. The van der Waals surface area contributed by atoms with Crippen molar-refractivity contribution in [3.05, 3.63) is 58.6 Å². The number of carbonyl (C=O) groups is 2. The van der Waals surface area contributed by atoms with Crippen LogP contribution in [0.3, 0.4) is 0 Å². The quantitative estimate of drug-likeness (QED) is 0.712. The van der Waals surface area contributed by atoms with E-state index < -0.39 is 51.8 Å². The lowest BCUT2D eigenvalue weighted by Crippen LogP contribution is -2.45. The second kappa shape index (κ2) is 7.54. The van der Waals surface area contributed by atoms with Crippen molar-refractivity contribution in [1.29, 1.82) is 0 Å². The maximum atomic E-state index is 13.2. The van der Waals surface area contributed by atoms with Gasteiger partial charge in [-0.2, -0.15) is 0 Å². The number of carbonyl (C=O) groups excluding carboxylic acids is 2. The molecule has 0 saturated heterocycles. The van der Waals surface area contributed by atoms with Gasteiger partial charge in [0.15, 0.2) is 9.84 Å². The monoisotopic (exact) mass is 469 g/mol. The van der Waals surface area contributed by atoms with Crippen molar-refractivity contribution in [3.8, 4) is 0 Å². The molecule has 1 heterocycles. The summed E-state index contributed by atoms with van der Waals surface area (Å²) in [4.78, 5) is 26.4. The van der Waals surface area contributed by atoms with Gasteiger partial charge in [-0.15, -0.1) is 0 Å². The Bertz CT molecular complexity index is 1170. The van der Waals surface area contributed by atoms with Crippen molar-refractivity contribution in [2.75, 3.05) is 10.7 Å². The standard InChI is InChI=1S/C20H18ClF2N3O4S/c21-13-4-1-11(2-5-13)9-26-15-7-12(18(27)25-17-8-20(17,22)23)3-6-16(15)31(29,30)10-14(24)19(26)28/h1-7,14,17H,8-10,24H2,(H,25,27)/t14-,17+/m0/s1. The van der Waals surface area contributed by atoms with Crippen molar-refractivity contribution < 1.29 is 26.8 Å². The van der Waals surface area contributed by atoms with Crippen LogP contribution in [0.15, 0.2) is 47.4 Å². The number of hydrogen-bond acceptors (Lipinski definition) is 5. The molecule has 1 saturated carbocycles. The molecule has 0 aromatic heterocycles. The van der Waals surface area contributed by atoms with E-state index in [-0.39, 0.29) is 22.7 Å². The zero-order valence-corrected chi connectivity index (χ0v) is 17.6. The summed E-state index contributed by atoms with van der Waals surface area (Å²) in [7, 11) is -3.92. The zero-order chi connectivity index (χ0) is 22.6. The SMILES string of the molecule is N[C@H]1CS(=O)(=O)c2ccc(C(=O)N[C@@H]3CC3(F)F)cc2N(Cc2ccc(Cl)cc2)C1=O. The Balaban J connectivity index is 1.75. The molecule has 0 radical (unpaired) electrons. The number of sulfone groups is 1. The zero-order valence-electron chi connectivity index (χ0n) is 16.0. The third-order valence-electron chi connectivity index (χ3n) is 5.21. The van der Waals surface area contributed by atoms with Crippen molar-refractivity contribution in [2.45, 2.75) is 35.9 Å². The van der Waals surface area contributed by atoms with Crippen molar-refractivity contribution in [1.82, 2.24) is 5.32 Å². The van der Waals surface area contributed by atoms with Gasteiger partial charge in [-0.3, -0.25) is 9.59 Å². The molecule has 11 heteroatoms. The Hall–Kier alpha value is -2.56. The molecule has 2 atom stereocenters. The van der Waals surface area contributed by atoms with Gasteiger partial charge in [0.25, 0.3) is 11.8 Å². The highest BCUT2D eigenvalue weighted by molar-refractivity contribution is 7.91. The van der Waals surface area contributed by atoms with Gasteiger partial charge in [-0.05, 0) is 35.9 Å². The van der Waals surface area contributed by atoms with Gasteiger partial charge >= 0.3 is 0 Å². The molecule has 7 nitrogen and oxygen atoms in total. The Kier molecular flexibility index (Phi) is 5.27. The van der Waals surface area contributed by atoms with Gasteiger partial charge in [0.1, 0.15) is 0 Å². The first-order valence-electron chi connectivity index (χ1n) is 9.35. The summed E-state index contributed by atoms with van der Waals surface area (Å²) in [6.07, 6.45) is -0.450. The highest BCUT2D eigenvalue weighted by Crippen LogP contribution is 2.42. The number of alkyl halides is 2. The van der Waals surface area contributed by atoms with E-state index in [9.17, 15) is 26.8 Å². The third kappa shape index (κ3) is 4.28. The molecule has 4 rings (SSSR count). The molecule has 2 aliphatic rings. The number of hydrogen-bond donors (Lipinski definition) is 2. The number of nitrogens with one attached hydrogen (secondary N) is 1. The Labute approximate surface area is 182 Å². The van der Waals surface area contributed by atoms with Crippen LogP contribution in [0, 0.1) is 0 Å². The highest BCUT2D eigenvalue weighted by atomic mass is 35.5. The topological polar surface area (TPSA) is 110 Å². The second-order valence-corrected chi connectivity index (χ2v) is 10.1. The summed E-state index contributed by atoms with van der Waals surface area (Å²) in [5.41, 5.74) is 6.44. The summed E-state index contributed by atoms with van der Waals surface area (Å²) in [5, 5.41) is 2.70. The van der Waals surface area contributed by atoms with Gasteiger partial charge in [0, 0.05) is 17.0 Å². The predicted octanol–water partition coefficient (Wildman–Crippen LogP) is 2.13. The van der Waals surface area contributed by atoms with Crippen molar-refractivity contribution in [2.24, 2.45) is 5.73 Å². The molecule has 1 fully saturated rings. The van der Waals surface area contributed by atoms with Gasteiger partial charge in [0.05, 0.1) is 35.0 Å². The largest absolute Gasteiger partial charge is 0.343 e. The molecule has 0 unspecified atom stereocenters. The molecular formula is C20H18ClF2N3O4S. The lowest BCUT2D eigenvalue weighted by molar-refractivity contribution is -0.119. The number of rotatable bonds is 4. The molecule has 2 aromatic rings. The minimum Gasteiger partial charge on any atom is -0.343 e. The summed E-state index contributed by atoms with van der Waals surface area (Å²) in [6.45, 7) is -0.0159. The number of nitrogens with two attached hydrogens (primary N) is 1. The van der Waals surface area contributed by atoms with Crippen molar-refractivity contribution >= 4 is 38.9 Å². The Morgan fingerprint density at radius 3 is 2.48 bits per heavy atom. The lowest BCUT2D eigenvalue weighted by atomic mass is 10.1. The van der Waals surface area contributed by atoms with Crippen LogP contribution in [-0.4, -0.2) is 44.0 Å². The van der Waals surface area contributed by atoms with Crippen LogP contribution >= 0.6 is 11.6 Å². The van der Waals surface area contributed by atoms with E-state index in [0.29, 0.717) is 10.6 Å². The molecule has 0 spiro atoms.